The Kier molecular flexibility index (Phi) is 5.25. The molecule has 0 aliphatic carbocycles. The molecular weight excluding hydrogens is 327 g/mol. The van der Waals surface area contributed by atoms with Crippen LogP contribution in [0.1, 0.15) is 21.7 Å². The third kappa shape index (κ3) is 4.00. The fourth-order valence-electron chi connectivity index (χ4n) is 2.82. The smallest absolute Gasteiger partial charge is 0.264 e. The van der Waals surface area contributed by atoms with Crippen molar-refractivity contribution in [2.24, 2.45) is 0 Å². The van der Waals surface area contributed by atoms with Crippen molar-refractivity contribution in [1.29, 1.82) is 0 Å². The Morgan fingerprint density at radius 2 is 1.79 bits per heavy atom. The van der Waals surface area contributed by atoms with E-state index in [-0.39, 0.29) is 17.6 Å². The van der Waals surface area contributed by atoms with Crippen molar-refractivity contribution in [2.75, 3.05) is 26.2 Å². The second-order valence-corrected chi connectivity index (χ2v) is 6.73. The van der Waals surface area contributed by atoms with Crippen LogP contribution in [0.3, 0.4) is 0 Å². The second kappa shape index (κ2) is 7.57. The first-order chi connectivity index (χ1) is 11.6. The summed E-state index contributed by atoms with van der Waals surface area (Å²) in [5.74, 6) is -0.181. The molecule has 0 unspecified atom stereocenters. The molecule has 1 aromatic heterocycles. The molecule has 126 valence electrons. The molecule has 0 atom stereocenters. The van der Waals surface area contributed by atoms with Crippen LogP contribution in [0.2, 0.25) is 0 Å². The van der Waals surface area contributed by atoms with Crippen molar-refractivity contribution >= 4 is 23.2 Å². The highest BCUT2D eigenvalue weighted by Gasteiger charge is 2.24. The Morgan fingerprint density at radius 3 is 2.46 bits per heavy atom. The molecule has 1 aromatic carbocycles. The fourth-order valence-corrected chi connectivity index (χ4v) is 3.51. The van der Waals surface area contributed by atoms with Gasteiger partial charge in [-0.25, -0.2) is 4.39 Å². The summed E-state index contributed by atoms with van der Waals surface area (Å²) < 4.78 is 13.1. The van der Waals surface area contributed by atoms with E-state index < -0.39 is 0 Å². The monoisotopic (exact) mass is 346 g/mol. The molecule has 2 aromatic rings. The summed E-state index contributed by atoms with van der Waals surface area (Å²) in [5, 5.41) is 1.89. The molecule has 1 aliphatic heterocycles. The highest BCUT2D eigenvalue weighted by molar-refractivity contribution is 7.12. The van der Waals surface area contributed by atoms with Crippen molar-refractivity contribution in [3.05, 3.63) is 58.0 Å². The average Bonchev–Trinajstić information content (AvgIpc) is 3.14. The van der Waals surface area contributed by atoms with Crippen LogP contribution in [-0.4, -0.2) is 47.8 Å². The van der Waals surface area contributed by atoms with Crippen LogP contribution in [0.15, 0.2) is 41.8 Å². The van der Waals surface area contributed by atoms with Crippen LogP contribution in [0.4, 0.5) is 4.39 Å². The minimum Gasteiger partial charge on any atom is -0.339 e. The van der Waals surface area contributed by atoms with Gasteiger partial charge in [-0.3, -0.25) is 9.59 Å². The Hall–Kier alpha value is -2.21. The number of piperazine rings is 1. The Balaban J connectivity index is 1.47. The number of hydrogen-bond donors (Lipinski definition) is 0. The van der Waals surface area contributed by atoms with Gasteiger partial charge >= 0.3 is 0 Å². The number of thiophene rings is 1. The maximum Gasteiger partial charge on any atom is 0.264 e. The van der Waals surface area contributed by atoms with Crippen LogP contribution in [0.25, 0.3) is 0 Å². The number of benzene rings is 1. The standard InChI is InChI=1S/C18H19FN2O2S/c19-15-4-1-3-14(13-15)6-7-17(22)20-8-10-21(11-9-20)18(23)16-5-2-12-24-16/h1-5,12-13H,6-11H2. The van der Waals surface area contributed by atoms with E-state index in [1.54, 1.807) is 15.9 Å². The molecule has 24 heavy (non-hydrogen) atoms. The highest BCUT2D eigenvalue weighted by Crippen LogP contribution is 2.15. The van der Waals surface area contributed by atoms with E-state index in [1.165, 1.54) is 23.5 Å². The van der Waals surface area contributed by atoms with Gasteiger partial charge in [0.1, 0.15) is 5.82 Å². The predicted molar refractivity (Wildman–Crippen MR) is 91.5 cm³/mol. The molecule has 0 N–H and O–H groups in total. The first kappa shape index (κ1) is 16.6. The van der Waals surface area contributed by atoms with E-state index >= 15 is 0 Å². The molecular formula is C18H19FN2O2S. The second-order valence-electron chi connectivity index (χ2n) is 5.78. The zero-order valence-corrected chi connectivity index (χ0v) is 14.1. The third-order valence-electron chi connectivity index (χ3n) is 4.17. The van der Waals surface area contributed by atoms with Gasteiger partial charge in [0.05, 0.1) is 4.88 Å². The maximum absolute atomic E-state index is 13.1. The predicted octanol–water partition coefficient (Wildman–Crippen LogP) is 2.80. The topological polar surface area (TPSA) is 40.6 Å². The molecule has 2 amide bonds. The first-order valence-corrected chi connectivity index (χ1v) is 8.86. The third-order valence-corrected chi connectivity index (χ3v) is 5.03. The summed E-state index contributed by atoms with van der Waals surface area (Å²) in [6, 6.07) is 10.0. The number of rotatable bonds is 4. The largest absolute Gasteiger partial charge is 0.339 e. The van der Waals surface area contributed by atoms with Crippen molar-refractivity contribution in [2.45, 2.75) is 12.8 Å². The number of aryl methyl sites for hydroxylation is 1. The number of carbonyl (C=O) groups is 2. The van der Waals surface area contributed by atoms with Gasteiger partial charge in [-0.2, -0.15) is 0 Å². The molecule has 4 nitrogen and oxygen atoms in total. The molecule has 0 saturated carbocycles. The van der Waals surface area contributed by atoms with Crippen LogP contribution in [0.5, 0.6) is 0 Å². The minimum atomic E-state index is -0.277. The zero-order chi connectivity index (χ0) is 16.9. The molecule has 2 heterocycles. The molecule has 0 bridgehead atoms. The SMILES string of the molecule is O=C(CCc1cccc(F)c1)N1CCN(C(=O)c2cccs2)CC1. The molecule has 1 saturated heterocycles. The normalized spacial score (nSPS) is 14.7. The summed E-state index contributed by atoms with van der Waals surface area (Å²) >= 11 is 1.44. The van der Waals surface area contributed by atoms with E-state index in [4.69, 9.17) is 0 Å². The number of amides is 2. The molecule has 0 radical (unpaired) electrons. The van der Waals surface area contributed by atoms with Crippen LogP contribution in [-0.2, 0) is 11.2 Å². The van der Waals surface area contributed by atoms with E-state index in [0.29, 0.717) is 39.0 Å². The van der Waals surface area contributed by atoms with Crippen LogP contribution in [0, 0.1) is 5.82 Å². The van der Waals surface area contributed by atoms with Crippen molar-refractivity contribution in [3.8, 4) is 0 Å². The van der Waals surface area contributed by atoms with Gasteiger partial charge < -0.3 is 9.80 Å². The first-order valence-electron chi connectivity index (χ1n) is 7.98. The summed E-state index contributed by atoms with van der Waals surface area (Å²) in [6.07, 6.45) is 0.896. The van der Waals surface area contributed by atoms with Crippen LogP contribution >= 0.6 is 11.3 Å². The van der Waals surface area contributed by atoms with Gasteiger partial charge in [0.25, 0.3) is 5.91 Å². The lowest BCUT2D eigenvalue weighted by atomic mass is 10.1. The van der Waals surface area contributed by atoms with Gasteiger partial charge in [0, 0.05) is 32.6 Å². The van der Waals surface area contributed by atoms with E-state index in [0.717, 1.165) is 10.4 Å². The van der Waals surface area contributed by atoms with Gasteiger partial charge in [0.2, 0.25) is 5.91 Å². The average molecular weight is 346 g/mol. The lowest BCUT2D eigenvalue weighted by Gasteiger charge is -2.34. The van der Waals surface area contributed by atoms with E-state index in [2.05, 4.69) is 0 Å². The van der Waals surface area contributed by atoms with Gasteiger partial charge in [0.15, 0.2) is 0 Å². The lowest BCUT2D eigenvalue weighted by molar-refractivity contribution is -0.132. The van der Waals surface area contributed by atoms with E-state index in [1.807, 2.05) is 23.6 Å². The maximum atomic E-state index is 13.1. The quantitative estimate of drug-likeness (QED) is 0.854. The summed E-state index contributed by atoms with van der Waals surface area (Å²) in [6.45, 7) is 2.23. The number of hydrogen-bond acceptors (Lipinski definition) is 3. The fraction of sp³-hybridized carbons (Fsp3) is 0.333. The molecule has 0 spiro atoms. The Bertz CT molecular complexity index is 710. The summed E-state index contributed by atoms with van der Waals surface area (Å²) in [4.78, 5) is 28.9. The molecule has 1 fully saturated rings. The van der Waals surface area contributed by atoms with Crippen LogP contribution < -0.4 is 0 Å². The lowest BCUT2D eigenvalue weighted by Crippen LogP contribution is -2.50. The van der Waals surface area contributed by atoms with Crippen molar-refractivity contribution in [1.82, 2.24) is 9.80 Å². The number of nitrogens with zero attached hydrogens (tertiary/aromatic N) is 2. The van der Waals surface area contributed by atoms with Gasteiger partial charge in [-0.05, 0) is 35.6 Å². The number of carbonyl (C=O) groups excluding carboxylic acids is 2. The van der Waals surface area contributed by atoms with Crippen molar-refractivity contribution < 1.29 is 14.0 Å². The van der Waals surface area contributed by atoms with Gasteiger partial charge in [-0.15, -0.1) is 11.3 Å². The summed E-state index contributed by atoms with van der Waals surface area (Å²) in [5.41, 5.74) is 0.829. The molecule has 1 aliphatic rings. The Morgan fingerprint density at radius 1 is 1.04 bits per heavy atom. The van der Waals surface area contributed by atoms with E-state index in [9.17, 15) is 14.0 Å². The highest BCUT2D eigenvalue weighted by atomic mass is 32.1. The molecule has 6 heteroatoms. The summed E-state index contributed by atoms with van der Waals surface area (Å²) in [7, 11) is 0. The minimum absolute atomic E-state index is 0.0388. The zero-order valence-electron chi connectivity index (χ0n) is 13.3. The Labute approximate surface area is 144 Å². The van der Waals surface area contributed by atoms with Gasteiger partial charge in [-0.1, -0.05) is 18.2 Å². The molecule has 3 rings (SSSR count). The van der Waals surface area contributed by atoms with Crippen molar-refractivity contribution in [3.63, 3.8) is 0 Å². The number of halogens is 1.